The van der Waals surface area contributed by atoms with Crippen LogP contribution in [0.5, 0.6) is 0 Å². The fourth-order valence-electron chi connectivity index (χ4n) is 6.63. The van der Waals surface area contributed by atoms with Crippen molar-refractivity contribution in [3.63, 3.8) is 0 Å². The highest BCUT2D eigenvalue weighted by molar-refractivity contribution is 5.88. The van der Waals surface area contributed by atoms with Crippen LogP contribution in [0, 0.1) is 0 Å². The standard InChI is InChI=1S/C40H30N2/c1-40(2)35-23-19-30(27-11-5-3-6-12-27)25-33(35)34-26-31(20-24-36(34)40)28-17-21-32(22-18-28)42-38-16-10-9-15-37(38)41-39(42)29-13-7-4-8-14-29/h3-26H,1-2H3. The molecule has 0 N–H and O–H groups in total. The molecule has 6 aromatic carbocycles. The van der Waals surface area contributed by atoms with E-state index >= 15 is 0 Å². The van der Waals surface area contributed by atoms with Crippen molar-refractivity contribution in [1.82, 2.24) is 9.55 Å². The average Bonchev–Trinajstić information content (AvgIpc) is 3.54. The van der Waals surface area contributed by atoms with E-state index < -0.39 is 0 Å². The first-order chi connectivity index (χ1) is 20.6. The molecule has 0 unspecified atom stereocenters. The molecular weight excluding hydrogens is 508 g/mol. The first kappa shape index (κ1) is 24.6. The summed E-state index contributed by atoms with van der Waals surface area (Å²) >= 11 is 0. The zero-order chi connectivity index (χ0) is 28.3. The Morgan fingerprint density at radius 3 is 1.60 bits per heavy atom. The maximum Gasteiger partial charge on any atom is 0.145 e. The smallest absolute Gasteiger partial charge is 0.145 e. The molecule has 200 valence electrons. The van der Waals surface area contributed by atoms with E-state index in [9.17, 15) is 0 Å². The molecule has 0 aliphatic heterocycles. The number of hydrogen-bond acceptors (Lipinski definition) is 1. The molecule has 1 heterocycles. The SMILES string of the molecule is CC1(C)c2ccc(-c3ccccc3)cc2-c2cc(-c3ccc(-n4c(-c5ccccc5)nc5ccccc54)cc3)ccc21. The number of fused-ring (bicyclic) bond motifs is 4. The van der Waals surface area contributed by atoms with Crippen LogP contribution in [0.15, 0.2) is 146 Å². The normalized spacial score (nSPS) is 13.2. The van der Waals surface area contributed by atoms with E-state index in [1.54, 1.807) is 0 Å². The number of nitrogens with zero attached hydrogens (tertiary/aromatic N) is 2. The number of aromatic nitrogens is 2. The van der Waals surface area contributed by atoms with Crippen molar-refractivity contribution in [1.29, 1.82) is 0 Å². The lowest BCUT2D eigenvalue weighted by molar-refractivity contribution is 0.660. The third-order valence-corrected chi connectivity index (χ3v) is 8.83. The van der Waals surface area contributed by atoms with Crippen molar-refractivity contribution in [3.05, 3.63) is 157 Å². The van der Waals surface area contributed by atoms with Gasteiger partial charge in [-0.2, -0.15) is 0 Å². The molecule has 0 saturated carbocycles. The van der Waals surface area contributed by atoms with Crippen LogP contribution >= 0.6 is 0 Å². The van der Waals surface area contributed by atoms with Gasteiger partial charge < -0.3 is 0 Å². The molecule has 0 saturated heterocycles. The van der Waals surface area contributed by atoms with Crippen LogP contribution < -0.4 is 0 Å². The van der Waals surface area contributed by atoms with Crippen molar-refractivity contribution < 1.29 is 0 Å². The average molecular weight is 539 g/mol. The fourth-order valence-corrected chi connectivity index (χ4v) is 6.63. The van der Waals surface area contributed by atoms with Crippen LogP contribution in [0.3, 0.4) is 0 Å². The number of rotatable bonds is 4. The summed E-state index contributed by atoms with van der Waals surface area (Å²) < 4.78 is 2.26. The molecule has 0 spiro atoms. The second-order valence-electron chi connectivity index (χ2n) is 11.7. The van der Waals surface area contributed by atoms with Gasteiger partial charge in [0, 0.05) is 16.7 Å². The van der Waals surface area contributed by atoms with E-state index in [1.165, 1.54) is 44.5 Å². The number of benzene rings is 6. The molecule has 8 rings (SSSR count). The predicted octanol–water partition coefficient (Wildman–Crippen LogP) is 10.3. The maximum absolute atomic E-state index is 5.01. The molecule has 2 heteroatoms. The van der Waals surface area contributed by atoms with E-state index in [4.69, 9.17) is 4.98 Å². The largest absolute Gasteiger partial charge is 0.292 e. The van der Waals surface area contributed by atoms with E-state index in [0.717, 1.165) is 28.1 Å². The number of para-hydroxylation sites is 2. The minimum atomic E-state index is -0.0292. The summed E-state index contributed by atoms with van der Waals surface area (Å²) in [6, 6.07) is 52.3. The lowest BCUT2D eigenvalue weighted by Crippen LogP contribution is -2.14. The van der Waals surface area contributed by atoms with E-state index in [-0.39, 0.29) is 5.41 Å². The van der Waals surface area contributed by atoms with Gasteiger partial charge in [0.1, 0.15) is 5.82 Å². The predicted molar refractivity (Wildman–Crippen MR) is 175 cm³/mol. The Labute approximate surface area is 246 Å². The summed E-state index contributed by atoms with van der Waals surface area (Å²) in [5.41, 5.74) is 14.7. The quantitative estimate of drug-likeness (QED) is 0.218. The van der Waals surface area contributed by atoms with Crippen LogP contribution in [-0.4, -0.2) is 9.55 Å². The molecule has 1 aromatic heterocycles. The zero-order valence-electron chi connectivity index (χ0n) is 23.8. The Morgan fingerprint density at radius 1 is 0.476 bits per heavy atom. The third-order valence-electron chi connectivity index (χ3n) is 8.83. The Morgan fingerprint density at radius 2 is 0.976 bits per heavy atom. The van der Waals surface area contributed by atoms with Crippen molar-refractivity contribution in [2.24, 2.45) is 0 Å². The van der Waals surface area contributed by atoms with Crippen LogP contribution in [0.2, 0.25) is 0 Å². The first-order valence-corrected chi connectivity index (χ1v) is 14.6. The summed E-state index contributed by atoms with van der Waals surface area (Å²) in [5.74, 6) is 0.954. The lowest BCUT2D eigenvalue weighted by atomic mass is 9.82. The van der Waals surface area contributed by atoms with Gasteiger partial charge in [-0.3, -0.25) is 4.57 Å². The zero-order valence-corrected chi connectivity index (χ0v) is 23.8. The van der Waals surface area contributed by atoms with Crippen LogP contribution in [0.4, 0.5) is 0 Å². The monoisotopic (exact) mass is 538 g/mol. The van der Waals surface area contributed by atoms with Gasteiger partial charge >= 0.3 is 0 Å². The summed E-state index contributed by atoms with van der Waals surface area (Å²) in [6.45, 7) is 4.68. The topological polar surface area (TPSA) is 17.8 Å². The molecule has 0 radical (unpaired) electrons. The van der Waals surface area contributed by atoms with Crippen molar-refractivity contribution in [2.75, 3.05) is 0 Å². The highest BCUT2D eigenvalue weighted by atomic mass is 15.1. The molecule has 0 bridgehead atoms. The van der Waals surface area contributed by atoms with Gasteiger partial charge in [0.25, 0.3) is 0 Å². The highest BCUT2D eigenvalue weighted by Gasteiger charge is 2.35. The molecule has 1 aliphatic carbocycles. The van der Waals surface area contributed by atoms with Crippen molar-refractivity contribution >= 4 is 11.0 Å². The molecular formula is C40H30N2. The van der Waals surface area contributed by atoms with Gasteiger partial charge in [-0.15, -0.1) is 0 Å². The highest BCUT2D eigenvalue weighted by Crippen LogP contribution is 2.50. The molecule has 1 aliphatic rings. The summed E-state index contributed by atoms with van der Waals surface area (Å²) in [6.07, 6.45) is 0. The summed E-state index contributed by atoms with van der Waals surface area (Å²) in [5, 5.41) is 0. The second kappa shape index (κ2) is 9.43. The minimum Gasteiger partial charge on any atom is -0.292 e. The van der Waals surface area contributed by atoms with Crippen molar-refractivity contribution in [3.8, 4) is 50.5 Å². The number of imidazole rings is 1. The maximum atomic E-state index is 5.01. The molecule has 0 fully saturated rings. The van der Waals surface area contributed by atoms with Crippen LogP contribution in [0.1, 0.15) is 25.0 Å². The van der Waals surface area contributed by atoms with E-state index in [2.05, 4.69) is 152 Å². The first-order valence-electron chi connectivity index (χ1n) is 14.6. The van der Waals surface area contributed by atoms with Gasteiger partial charge in [-0.1, -0.05) is 123 Å². The Hall–Kier alpha value is -5.21. The fraction of sp³-hybridized carbons (Fsp3) is 0.0750. The van der Waals surface area contributed by atoms with E-state index in [1.807, 2.05) is 12.1 Å². The van der Waals surface area contributed by atoms with Gasteiger partial charge in [-0.25, -0.2) is 4.98 Å². The minimum absolute atomic E-state index is 0.0292. The summed E-state index contributed by atoms with van der Waals surface area (Å²) in [7, 11) is 0. The molecule has 0 amide bonds. The Bertz CT molecular complexity index is 2080. The van der Waals surface area contributed by atoms with Gasteiger partial charge in [0.15, 0.2) is 0 Å². The number of hydrogen-bond donors (Lipinski definition) is 0. The van der Waals surface area contributed by atoms with Crippen LogP contribution in [0.25, 0.3) is 61.5 Å². The Kier molecular flexibility index (Phi) is 5.52. The molecule has 42 heavy (non-hydrogen) atoms. The third kappa shape index (κ3) is 3.83. The second-order valence-corrected chi connectivity index (χ2v) is 11.7. The summed E-state index contributed by atoms with van der Waals surface area (Å²) in [4.78, 5) is 5.01. The lowest BCUT2D eigenvalue weighted by Gasteiger charge is -2.21. The van der Waals surface area contributed by atoms with Gasteiger partial charge in [0.2, 0.25) is 0 Å². The Balaban J connectivity index is 1.21. The van der Waals surface area contributed by atoms with Gasteiger partial charge in [-0.05, 0) is 80.9 Å². The molecule has 7 aromatic rings. The van der Waals surface area contributed by atoms with Gasteiger partial charge in [0.05, 0.1) is 11.0 Å². The van der Waals surface area contributed by atoms with Crippen LogP contribution in [-0.2, 0) is 5.41 Å². The van der Waals surface area contributed by atoms with Crippen molar-refractivity contribution in [2.45, 2.75) is 19.3 Å². The molecule has 2 nitrogen and oxygen atoms in total. The van der Waals surface area contributed by atoms with E-state index in [0.29, 0.717) is 0 Å². The molecule has 0 atom stereocenters.